The lowest BCUT2D eigenvalue weighted by Crippen LogP contribution is -2.26. The lowest BCUT2D eigenvalue weighted by molar-refractivity contribution is -0.153. The van der Waals surface area contributed by atoms with Crippen molar-refractivity contribution >= 4 is 5.97 Å². The average Bonchev–Trinajstić information content (AvgIpc) is 2.32. The van der Waals surface area contributed by atoms with E-state index in [-0.39, 0.29) is 6.10 Å². The van der Waals surface area contributed by atoms with E-state index in [1.54, 1.807) is 6.92 Å². The summed E-state index contributed by atoms with van der Waals surface area (Å²) in [4.78, 5) is 10.5. The third-order valence-electron chi connectivity index (χ3n) is 2.55. The Morgan fingerprint density at radius 3 is 2.31 bits per heavy atom. The van der Waals surface area contributed by atoms with Gasteiger partial charge in [-0.1, -0.05) is 25.7 Å². The SMILES string of the molecule is CC(OC1CCCCCC1)C(=O)O. The van der Waals surface area contributed by atoms with Gasteiger partial charge in [-0.05, 0) is 19.8 Å². The molecule has 0 aromatic carbocycles. The molecule has 1 unspecified atom stereocenters. The van der Waals surface area contributed by atoms with Crippen LogP contribution in [0.5, 0.6) is 0 Å². The molecule has 13 heavy (non-hydrogen) atoms. The van der Waals surface area contributed by atoms with Gasteiger partial charge in [-0.15, -0.1) is 0 Å². The Hall–Kier alpha value is -0.570. The Bertz CT molecular complexity index is 160. The lowest BCUT2D eigenvalue weighted by Gasteiger charge is -2.18. The summed E-state index contributed by atoms with van der Waals surface area (Å²) in [6, 6.07) is 0. The molecule has 0 amide bonds. The Morgan fingerprint density at radius 1 is 1.31 bits per heavy atom. The van der Waals surface area contributed by atoms with Crippen LogP contribution in [0.1, 0.15) is 45.4 Å². The van der Waals surface area contributed by atoms with Gasteiger partial charge in [0, 0.05) is 0 Å². The number of hydrogen-bond donors (Lipinski definition) is 1. The Balaban J connectivity index is 2.29. The molecule has 0 bridgehead atoms. The number of hydrogen-bond acceptors (Lipinski definition) is 2. The molecule has 1 saturated carbocycles. The van der Waals surface area contributed by atoms with Crippen molar-refractivity contribution in [3.63, 3.8) is 0 Å². The van der Waals surface area contributed by atoms with E-state index >= 15 is 0 Å². The topological polar surface area (TPSA) is 46.5 Å². The van der Waals surface area contributed by atoms with Crippen LogP contribution in [0.4, 0.5) is 0 Å². The fourth-order valence-electron chi connectivity index (χ4n) is 1.72. The van der Waals surface area contributed by atoms with Gasteiger partial charge < -0.3 is 9.84 Å². The molecule has 0 heterocycles. The molecule has 0 aromatic heterocycles. The predicted octanol–water partition coefficient (Wildman–Crippen LogP) is 2.20. The van der Waals surface area contributed by atoms with Crippen molar-refractivity contribution in [2.24, 2.45) is 0 Å². The van der Waals surface area contributed by atoms with Crippen molar-refractivity contribution in [1.29, 1.82) is 0 Å². The molecule has 1 aliphatic carbocycles. The van der Waals surface area contributed by atoms with Gasteiger partial charge in [0.15, 0.2) is 6.10 Å². The van der Waals surface area contributed by atoms with Crippen LogP contribution in [-0.2, 0) is 9.53 Å². The molecule has 1 N–H and O–H groups in total. The highest BCUT2D eigenvalue weighted by molar-refractivity contribution is 5.71. The molecular formula is C10H18O3. The van der Waals surface area contributed by atoms with Gasteiger partial charge >= 0.3 is 5.97 Å². The first kappa shape index (κ1) is 10.5. The summed E-state index contributed by atoms with van der Waals surface area (Å²) < 4.78 is 5.43. The number of carboxylic acid groups (broad SMARTS) is 1. The summed E-state index contributed by atoms with van der Waals surface area (Å²) in [6.45, 7) is 1.60. The lowest BCUT2D eigenvalue weighted by atomic mass is 10.1. The largest absolute Gasteiger partial charge is 0.479 e. The maximum Gasteiger partial charge on any atom is 0.332 e. The second kappa shape index (κ2) is 5.22. The van der Waals surface area contributed by atoms with Crippen molar-refractivity contribution in [2.75, 3.05) is 0 Å². The molecule has 3 nitrogen and oxygen atoms in total. The molecule has 1 aliphatic rings. The fourth-order valence-corrected chi connectivity index (χ4v) is 1.72. The highest BCUT2D eigenvalue weighted by Crippen LogP contribution is 2.20. The minimum atomic E-state index is -0.857. The quantitative estimate of drug-likeness (QED) is 0.687. The zero-order valence-electron chi connectivity index (χ0n) is 8.16. The molecular weight excluding hydrogens is 168 g/mol. The van der Waals surface area contributed by atoms with Crippen molar-refractivity contribution in [3.8, 4) is 0 Å². The summed E-state index contributed by atoms with van der Waals surface area (Å²) in [6.07, 6.45) is 6.46. The Kier molecular flexibility index (Phi) is 4.22. The standard InChI is InChI=1S/C10H18O3/c1-8(10(11)12)13-9-6-4-2-3-5-7-9/h8-9H,2-7H2,1H3,(H,11,12). The molecule has 0 saturated heterocycles. The van der Waals surface area contributed by atoms with Crippen LogP contribution in [0.15, 0.2) is 0 Å². The van der Waals surface area contributed by atoms with E-state index in [1.807, 2.05) is 0 Å². The van der Waals surface area contributed by atoms with E-state index in [0.717, 1.165) is 12.8 Å². The zero-order chi connectivity index (χ0) is 9.68. The number of aliphatic carboxylic acids is 1. The fraction of sp³-hybridized carbons (Fsp3) is 0.900. The van der Waals surface area contributed by atoms with Gasteiger partial charge in [0.1, 0.15) is 0 Å². The molecule has 76 valence electrons. The summed E-state index contributed by atoms with van der Waals surface area (Å²) >= 11 is 0. The first-order chi connectivity index (χ1) is 6.20. The molecule has 0 aliphatic heterocycles. The predicted molar refractivity (Wildman–Crippen MR) is 49.7 cm³/mol. The van der Waals surface area contributed by atoms with Gasteiger partial charge in [-0.2, -0.15) is 0 Å². The van der Waals surface area contributed by atoms with E-state index in [1.165, 1.54) is 25.7 Å². The van der Waals surface area contributed by atoms with Crippen molar-refractivity contribution in [3.05, 3.63) is 0 Å². The number of carbonyl (C=O) groups is 1. The molecule has 1 atom stereocenters. The molecule has 0 spiro atoms. The summed E-state index contributed by atoms with van der Waals surface area (Å²) in [7, 11) is 0. The van der Waals surface area contributed by atoms with Gasteiger partial charge in [0.2, 0.25) is 0 Å². The van der Waals surface area contributed by atoms with E-state index in [9.17, 15) is 4.79 Å². The highest BCUT2D eigenvalue weighted by Gasteiger charge is 2.19. The summed E-state index contributed by atoms with van der Waals surface area (Å²) in [5.41, 5.74) is 0. The van der Waals surface area contributed by atoms with Crippen molar-refractivity contribution < 1.29 is 14.6 Å². The van der Waals surface area contributed by atoms with E-state index in [4.69, 9.17) is 9.84 Å². The van der Waals surface area contributed by atoms with Gasteiger partial charge in [-0.3, -0.25) is 0 Å². The van der Waals surface area contributed by atoms with E-state index in [0.29, 0.717) is 0 Å². The second-order valence-corrected chi connectivity index (χ2v) is 3.73. The van der Waals surface area contributed by atoms with Crippen LogP contribution in [0.3, 0.4) is 0 Å². The normalized spacial score (nSPS) is 22.2. The first-order valence-corrected chi connectivity index (χ1v) is 5.08. The Labute approximate surface area is 79.1 Å². The molecule has 1 fully saturated rings. The third-order valence-corrected chi connectivity index (χ3v) is 2.55. The van der Waals surface area contributed by atoms with Crippen molar-refractivity contribution in [1.82, 2.24) is 0 Å². The van der Waals surface area contributed by atoms with Crippen LogP contribution < -0.4 is 0 Å². The zero-order valence-corrected chi connectivity index (χ0v) is 8.16. The van der Waals surface area contributed by atoms with Gasteiger partial charge in [0.05, 0.1) is 6.10 Å². The smallest absolute Gasteiger partial charge is 0.332 e. The highest BCUT2D eigenvalue weighted by atomic mass is 16.5. The average molecular weight is 186 g/mol. The molecule has 3 heteroatoms. The number of rotatable bonds is 3. The molecule has 1 rings (SSSR count). The summed E-state index contributed by atoms with van der Waals surface area (Å²) in [5, 5.41) is 8.66. The maximum absolute atomic E-state index is 10.5. The minimum absolute atomic E-state index is 0.175. The van der Waals surface area contributed by atoms with Crippen LogP contribution in [0.25, 0.3) is 0 Å². The van der Waals surface area contributed by atoms with Crippen molar-refractivity contribution in [2.45, 2.75) is 57.7 Å². The number of carboxylic acids is 1. The van der Waals surface area contributed by atoms with Gasteiger partial charge in [0.25, 0.3) is 0 Å². The van der Waals surface area contributed by atoms with Crippen LogP contribution >= 0.6 is 0 Å². The number of ether oxygens (including phenoxy) is 1. The van der Waals surface area contributed by atoms with Crippen LogP contribution in [0.2, 0.25) is 0 Å². The van der Waals surface area contributed by atoms with E-state index in [2.05, 4.69) is 0 Å². The minimum Gasteiger partial charge on any atom is -0.479 e. The van der Waals surface area contributed by atoms with Gasteiger partial charge in [-0.25, -0.2) is 4.79 Å². The van der Waals surface area contributed by atoms with Crippen LogP contribution in [-0.4, -0.2) is 23.3 Å². The first-order valence-electron chi connectivity index (χ1n) is 5.08. The summed E-state index contributed by atoms with van der Waals surface area (Å²) in [5.74, 6) is -0.857. The molecule has 0 radical (unpaired) electrons. The third kappa shape index (κ3) is 3.77. The maximum atomic E-state index is 10.5. The van der Waals surface area contributed by atoms with Crippen LogP contribution in [0, 0.1) is 0 Å². The molecule has 0 aromatic rings. The monoisotopic (exact) mass is 186 g/mol. The Morgan fingerprint density at radius 2 is 1.85 bits per heavy atom. The second-order valence-electron chi connectivity index (χ2n) is 3.73. The van der Waals surface area contributed by atoms with E-state index < -0.39 is 12.1 Å².